The molecule has 4 rings (SSSR count). The van der Waals surface area contributed by atoms with E-state index in [9.17, 15) is 44.3 Å². The van der Waals surface area contributed by atoms with Crippen LogP contribution in [0, 0.1) is 11.8 Å². The van der Waals surface area contributed by atoms with Crippen molar-refractivity contribution >= 4 is 5.91 Å². The zero-order valence-corrected chi connectivity index (χ0v) is 24.5. The van der Waals surface area contributed by atoms with Gasteiger partial charge in [-0.1, -0.05) is 24.0 Å². The molecule has 2 aromatic rings. The predicted octanol–water partition coefficient (Wildman–Crippen LogP) is 6.23. The fourth-order valence-electron chi connectivity index (χ4n) is 5.35. The van der Waals surface area contributed by atoms with Gasteiger partial charge in [0.1, 0.15) is 0 Å². The van der Waals surface area contributed by atoms with Crippen molar-refractivity contribution < 1.29 is 49.0 Å². The number of hydrogen-bond acceptors (Lipinski definition) is 4. The molecule has 2 heterocycles. The second-order valence-corrected chi connectivity index (χ2v) is 11.7. The van der Waals surface area contributed by atoms with Crippen molar-refractivity contribution in [1.82, 2.24) is 14.7 Å². The maximum atomic E-state index is 13.5. The Morgan fingerprint density at radius 2 is 1.40 bits per heavy atom. The SMILES string of the molecule is CC1(C)COCCN1CC#CCN1CCN(C(=O)c2cc(C(F)(F)F)cc(C(F)(F)F)c2)[C@H](Cc2ccc(C(F)(F)F)cc2)C1. The molecule has 0 radical (unpaired) electrons. The molecule has 2 fully saturated rings. The molecule has 0 aliphatic carbocycles. The van der Waals surface area contributed by atoms with Crippen LogP contribution in [-0.2, 0) is 29.7 Å². The van der Waals surface area contributed by atoms with Crippen molar-refractivity contribution in [2.75, 3.05) is 52.5 Å². The van der Waals surface area contributed by atoms with Crippen LogP contribution < -0.4 is 0 Å². The van der Waals surface area contributed by atoms with E-state index >= 15 is 0 Å². The van der Waals surface area contributed by atoms with Gasteiger partial charge in [0.05, 0.1) is 43.0 Å². The second-order valence-electron chi connectivity index (χ2n) is 11.7. The molecular weight excluding hydrogens is 617 g/mol. The van der Waals surface area contributed by atoms with Crippen LogP contribution >= 0.6 is 0 Å². The maximum Gasteiger partial charge on any atom is 0.416 e. The molecule has 0 N–H and O–H groups in total. The number of amides is 1. The van der Waals surface area contributed by atoms with E-state index in [1.807, 2.05) is 18.7 Å². The normalized spacial score (nSPS) is 20.1. The Morgan fingerprint density at radius 1 is 0.822 bits per heavy atom. The Kier molecular flexibility index (Phi) is 10.2. The molecule has 0 spiro atoms. The Balaban J connectivity index is 1.57. The number of benzene rings is 2. The molecule has 1 atom stereocenters. The highest BCUT2D eigenvalue weighted by molar-refractivity contribution is 5.95. The summed E-state index contributed by atoms with van der Waals surface area (Å²) in [6.45, 7) is 7.04. The van der Waals surface area contributed by atoms with E-state index in [0.717, 1.165) is 12.1 Å². The lowest BCUT2D eigenvalue weighted by atomic mass is 9.98. The summed E-state index contributed by atoms with van der Waals surface area (Å²) in [6.07, 6.45) is -14.8. The summed E-state index contributed by atoms with van der Waals surface area (Å²) in [5, 5.41) is 0. The lowest BCUT2D eigenvalue weighted by Gasteiger charge is -2.41. The number of morpholine rings is 1. The van der Waals surface area contributed by atoms with Crippen LogP contribution in [0.15, 0.2) is 42.5 Å². The van der Waals surface area contributed by atoms with E-state index in [2.05, 4.69) is 16.7 Å². The zero-order valence-electron chi connectivity index (χ0n) is 24.5. The van der Waals surface area contributed by atoms with Gasteiger partial charge in [-0.25, -0.2) is 0 Å². The van der Waals surface area contributed by atoms with Gasteiger partial charge in [-0.2, -0.15) is 39.5 Å². The summed E-state index contributed by atoms with van der Waals surface area (Å²) in [7, 11) is 0. The van der Waals surface area contributed by atoms with Crippen molar-refractivity contribution in [3.05, 3.63) is 70.3 Å². The molecule has 1 amide bonds. The third-order valence-corrected chi connectivity index (χ3v) is 7.93. The van der Waals surface area contributed by atoms with Gasteiger partial charge in [0.25, 0.3) is 5.91 Å². The lowest BCUT2D eigenvalue weighted by molar-refractivity contribution is -0.143. The summed E-state index contributed by atoms with van der Waals surface area (Å²) in [5.74, 6) is 5.17. The molecule has 0 aromatic heterocycles. The number of piperazine rings is 1. The van der Waals surface area contributed by atoms with Gasteiger partial charge in [0, 0.05) is 43.3 Å². The highest BCUT2D eigenvalue weighted by Gasteiger charge is 2.39. The Bertz CT molecular complexity index is 1370. The maximum absolute atomic E-state index is 13.5. The van der Waals surface area contributed by atoms with Gasteiger partial charge >= 0.3 is 18.5 Å². The topological polar surface area (TPSA) is 36.0 Å². The lowest BCUT2D eigenvalue weighted by Crippen LogP contribution is -2.56. The first-order valence-electron chi connectivity index (χ1n) is 14.1. The number of rotatable bonds is 5. The number of carbonyl (C=O) groups excluding carboxylic acids is 1. The first kappa shape index (κ1) is 34.6. The molecule has 5 nitrogen and oxygen atoms in total. The van der Waals surface area contributed by atoms with Gasteiger partial charge in [-0.05, 0) is 56.2 Å². The van der Waals surface area contributed by atoms with Crippen LogP contribution in [0.3, 0.4) is 0 Å². The average molecular weight is 650 g/mol. The fraction of sp³-hybridized carbons (Fsp3) is 0.516. The van der Waals surface area contributed by atoms with Gasteiger partial charge in [-0.15, -0.1) is 0 Å². The molecule has 0 saturated carbocycles. The standard InChI is InChI=1S/C31H32F9N3O2/c1-28(2)20-45-14-13-42(28)10-4-3-9-41-11-12-43(26(19-41)15-21-5-7-23(8-6-21)29(32,33)34)27(44)22-16-24(30(35,36)37)18-25(17-22)31(38,39)40/h5-8,16-18,26H,9-15,19-20H2,1-2H3/t26-/m1/s1. The highest BCUT2D eigenvalue weighted by Crippen LogP contribution is 2.37. The minimum atomic E-state index is -5.14. The van der Waals surface area contributed by atoms with E-state index in [4.69, 9.17) is 4.74 Å². The van der Waals surface area contributed by atoms with Crippen molar-refractivity contribution in [2.24, 2.45) is 0 Å². The average Bonchev–Trinajstić information content (AvgIpc) is 2.94. The van der Waals surface area contributed by atoms with Gasteiger partial charge in [0.15, 0.2) is 0 Å². The van der Waals surface area contributed by atoms with E-state index in [1.54, 1.807) is 0 Å². The summed E-state index contributed by atoms with van der Waals surface area (Å²) >= 11 is 0. The zero-order chi connectivity index (χ0) is 33.2. The van der Waals surface area contributed by atoms with Crippen LogP contribution in [-0.4, -0.2) is 84.7 Å². The van der Waals surface area contributed by atoms with E-state index in [1.165, 1.54) is 17.0 Å². The molecular formula is C31H32F9N3O2. The van der Waals surface area contributed by atoms with E-state index in [-0.39, 0.29) is 44.2 Å². The van der Waals surface area contributed by atoms with Crippen LogP contribution in [0.5, 0.6) is 0 Å². The first-order valence-corrected chi connectivity index (χ1v) is 14.1. The van der Waals surface area contributed by atoms with Crippen LogP contribution in [0.2, 0.25) is 0 Å². The van der Waals surface area contributed by atoms with Gasteiger partial charge < -0.3 is 9.64 Å². The predicted molar refractivity (Wildman–Crippen MR) is 147 cm³/mol. The largest absolute Gasteiger partial charge is 0.416 e. The van der Waals surface area contributed by atoms with Crippen molar-refractivity contribution in [1.29, 1.82) is 0 Å². The number of alkyl halides is 9. The third-order valence-electron chi connectivity index (χ3n) is 7.93. The van der Waals surface area contributed by atoms with Crippen molar-refractivity contribution in [2.45, 2.75) is 50.4 Å². The minimum Gasteiger partial charge on any atom is -0.378 e. The van der Waals surface area contributed by atoms with Crippen molar-refractivity contribution in [3.63, 3.8) is 0 Å². The van der Waals surface area contributed by atoms with Crippen LogP contribution in [0.25, 0.3) is 0 Å². The molecule has 0 bridgehead atoms. The molecule has 2 saturated heterocycles. The highest BCUT2D eigenvalue weighted by atomic mass is 19.4. The van der Waals surface area contributed by atoms with Gasteiger partial charge in [-0.3, -0.25) is 14.6 Å². The number of ether oxygens (including phenoxy) is 1. The number of carbonyl (C=O) groups is 1. The van der Waals surface area contributed by atoms with Gasteiger partial charge in [0.2, 0.25) is 0 Å². The molecule has 14 heteroatoms. The monoisotopic (exact) mass is 649 g/mol. The number of nitrogens with zero attached hydrogens (tertiary/aromatic N) is 3. The van der Waals surface area contributed by atoms with Crippen LogP contribution in [0.4, 0.5) is 39.5 Å². The Morgan fingerprint density at radius 3 is 1.96 bits per heavy atom. The number of halogens is 9. The minimum absolute atomic E-state index is 0.0147. The molecule has 2 aliphatic heterocycles. The Hall–Kier alpha value is -3.28. The smallest absolute Gasteiger partial charge is 0.378 e. The number of hydrogen-bond donors (Lipinski definition) is 0. The molecule has 0 unspecified atom stereocenters. The molecule has 45 heavy (non-hydrogen) atoms. The van der Waals surface area contributed by atoms with Crippen molar-refractivity contribution in [3.8, 4) is 11.8 Å². The molecule has 2 aliphatic rings. The molecule has 2 aromatic carbocycles. The summed E-state index contributed by atoms with van der Waals surface area (Å²) in [6, 6.07) is 4.18. The second kappa shape index (κ2) is 13.2. The Labute approximate surface area is 254 Å². The summed E-state index contributed by atoms with van der Waals surface area (Å²) in [5.41, 5.74) is -4.67. The summed E-state index contributed by atoms with van der Waals surface area (Å²) in [4.78, 5) is 18.8. The van der Waals surface area contributed by atoms with Crippen LogP contribution in [0.1, 0.15) is 46.5 Å². The first-order chi connectivity index (χ1) is 20.8. The molecule has 246 valence electrons. The quantitative estimate of drug-likeness (QED) is 0.285. The third kappa shape index (κ3) is 8.92. The summed E-state index contributed by atoms with van der Waals surface area (Å²) < 4.78 is 126. The van der Waals surface area contributed by atoms with E-state index < -0.39 is 52.7 Å². The van der Waals surface area contributed by atoms with E-state index in [0.29, 0.717) is 44.0 Å². The fourth-order valence-corrected chi connectivity index (χ4v) is 5.35.